The smallest absolute Gasteiger partial charge is 0.241 e. The number of likely N-dealkylation sites (tertiary alicyclic amines) is 1. The molecule has 1 fully saturated rings. The predicted molar refractivity (Wildman–Crippen MR) is 103 cm³/mol. The summed E-state index contributed by atoms with van der Waals surface area (Å²) in [5.41, 5.74) is 1.94. The van der Waals surface area contributed by atoms with Gasteiger partial charge in [-0.3, -0.25) is 4.79 Å². The number of sulfonamides is 1. The number of carbonyl (C=O) groups is 1. The van der Waals surface area contributed by atoms with Gasteiger partial charge in [-0.05, 0) is 43.7 Å². The Morgan fingerprint density at radius 2 is 1.96 bits per heavy atom. The summed E-state index contributed by atoms with van der Waals surface area (Å²) in [6, 6.07) is 7.10. The van der Waals surface area contributed by atoms with Crippen molar-refractivity contribution in [2.45, 2.75) is 45.1 Å². The lowest BCUT2D eigenvalue weighted by atomic mass is 10.0. The van der Waals surface area contributed by atoms with E-state index in [1.54, 1.807) is 4.90 Å². The predicted octanol–water partition coefficient (Wildman–Crippen LogP) is 2.42. The summed E-state index contributed by atoms with van der Waals surface area (Å²) in [5.74, 6) is -0.0837. The van der Waals surface area contributed by atoms with Crippen molar-refractivity contribution in [1.29, 1.82) is 0 Å². The fourth-order valence-corrected chi connectivity index (χ4v) is 4.85. The molecule has 2 aromatic rings. The van der Waals surface area contributed by atoms with Gasteiger partial charge in [0.15, 0.2) is 0 Å². The van der Waals surface area contributed by atoms with E-state index in [4.69, 9.17) is 0 Å². The maximum Gasteiger partial charge on any atom is 0.241 e. The molecule has 1 aliphatic heterocycles. The number of nitrogens with zero attached hydrogens (tertiary/aromatic N) is 1. The zero-order chi connectivity index (χ0) is 18.6. The summed E-state index contributed by atoms with van der Waals surface area (Å²) >= 11 is 0. The van der Waals surface area contributed by atoms with Crippen molar-refractivity contribution < 1.29 is 13.2 Å². The maximum absolute atomic E-state index is 13.0. The molecule has 1 atom stereocenters. The average molecular weight is 378 g/mol. The number of benzene rings is 1. The van der Waals surface area contributed by atoms with Gasteiger partial charge in [0.1, 0.15) is 6.04 Å². The molecule has 1 aromatic carbocycles. The number of para-hydroxylation sites is 1. The van der Waals surface area contributed by atoms with Crippen LogP contribution in [0, 0.1) is 0 Å². The van der Waals surface area contributed by atoms with Gasteiger partial charge < -0.3 is 9.88 Å². The minimum absolute atomic E-state index is 0.0324. The Morgan fingerprint density at radius 3 is 2.69 bits per heavy atom. The largest absolute Gasteiger partial charge is 0.361 e. The lowest BCUT2D eigenvalue weighted by molar-refractivity contribution is -0.133. The van der Waals surface area contributed by atoms with Gasteiger partial charge in [0, 0.05) is 30.2 Å². The highest BCUT2D eigenvalue weighted by Gasteiger charge is 2.29. The van der Waals surface area contributed by atoms with E-state index in [2.05, 4.69) is 9.71 Å². The van der Waals surface area contributed by atoms with E-state index in [0.29, 0.717) is 25.9 Å². The van der Waals surface area contributed by atoms with Crippen LogP contribution in [0.4, 0.5) is 0 Å². The summed E-state index contributed by atoms with van der Waals surface area (Å²) in [5, 5.41) is 1.03. The zero-order valence-corrected chi connectivity index (χ0v) is 16.0. The molecular formula is C19H27N3O3S. The monoisotopic (exact) mass is 377 g/mol. The van der Waals surface area contributed by atoms with Crippen LogP contribution in [0.3, 0.4) is 0 Å². The van der Waals surface area contributed by atoms with Gasteiger partial charge >= 0.3 is 0 Å². The molecule has 1 aliphatic rings. The molecule has 2 N–H and O–H groups in total. The van der Waals surface area contributed by atoms with Crippen LogP contribution in [0.15, 0.2) is 30.5 Å². The first-order chi connectivity index (χ1) is 12.5. The molecule has 1 aromatic heterocycles. The number of H-pyrrole nitrogens is 1. The van der Waals surface area contributed by atoms with Gasteiger partial charge in [-0.1, -0.05) is 25.1 Å². The Morgan fingerprint density at radius 1 is 1.23 bits per heavy atom. The Hall–Kier alpha value is -1.86. The normalized spacial score (nSPS) is 16.7. The van der Waals surface area contributed by atoms with Gasteiger partial charge in [0.2, 0.25) is 15.9 Å². The number of aromatic amines is 1. The van der Waals surface area contributed by atoms with Gasteiger partial charge in [-0.25, -0.2) is 13.1 Å². The minimum atomic E-state index is -3.48. The fourth-order valence-electron chi connectivity index (χ4n) is 3.58. The summed E-state index contributed by atoms with van der Waals surface area (Å²) in [6.45, 7) is 3.23. The first-order valence-corrected chi connectivity index (χ1v) is 11.0. The second kappa shape index (κ2) is 8.22. The van der Waals surface area contributed by atoms with E-state index < -0.39 is 16.1 Å². The molecule has 0 bridgehead atoms. The Balaban J connectivity index is 1.85. The van der Waals surface area contributed by atoms with E-state index in [-0.39, 0.29) is 11.7 Å². The van der Waals surface area contributed by atoms with Crippen molar-refractivity contribution in [3.8, 4) is 0 Å². The van der Waals surface area contributed by atoms with Gasteiger partial charge in [0.05, 0.1) is 5.75 Å². The van der Waals surface area contributed by atoms with Crippen LogP contribution in [0.2, 0.25) is 0 Å². The van der Waals surface area contributed by atoms with E-state index in [9.17, 15) is 13.2 Å². The number of hydrogen-bond donors (Lipinski definition) is 2. The summed E-state index contributed by atoms with van der Waals surface area (Å²) in [7, 11) is -3.48. The molecule has 7 heteroatoms. The van der Waals surface area contributed by atoms with Gasteiger partial charge in [-0.2, -0.15) is 0 Å². The standard InChI is InChI=1S/C19H27N3O3S/c1-2-12-26(24,25)21-18(19(23)22-10-6-3-7-11-22)13-15-14-20-17-9-5-4-8-16(15)17/h4-5,8-9,14,18,20-21H,2-3,6-7,10-13H2,1H3/t18-/m0/s1. The number of nitrogens with one attached hydrogen (secondary N) is 2. The topological polar surface area (TPSA) is 82.3 Å². The highest BCUT2D eigenvalue weighted by Crippen LogP contribution is 2.20. The Kier molecular flexibility index (Phi) is 5.98. The first-order valence-electron chi connectivity index (χ1n) is 9.34. The van der Waals surface area contributed by atoms with Crippen molar-refractivity contribution in [3.05, 3.63) is 36.0 Å². The van der Waals surface area contributed by atoms with Crippen molar-refractivity contribution in [2.24, 2.45) is 0 Å². The SMILES string of the molecule is CCCS(=O)(=O)N[C@@H](Cc1c[nH]c2ccccc12)C(=O)N1CCCCC1. The van der Waals surface area contributed by atoms with Crippen molar-refractivity contribution in [2.75, 3.05) is 18.8 Å². The van der Waals surface area contributed by atoms with Crippen LogP contribution in [-0.2, 0) is 21.2 Å². The van der Waals surface area contributed by atoms with Crippen LogP contribution in [0.5, 0.6) is 0 Å². The fraction of sp³-hybridized carbons (Fsp3) is 0.526. The molecular weight excluding hydrogens is 350 g/mol. The van der Waals surface area contributed by atoms with E-state index in [0.717, 1.165) is 35.7 Å². The summed E-state index contributed by atoms with van der Waals surface area (Å²) < 4.78 is 27.3. The molecule has 0 unspecified atom stereocenters. The number of piperidine rings is 1. The number of hydrogen-bond acceptors (Lipinski definition) is 3. The lowest BCUT2D eigenvalue weighted by Gasteiger charge is -2.30. The molecule has 0 saturated carbocycles. The van der Waals surface area contributed by atoms with Gasteiger partial charge in [0.25, 0.3) is 0 Å². The third kappa shape index (κ3) is 4.45. The summed E-state index contributed by atoms with van der Waals surface area (Å²) in [6.07, 6.45) is 5.82. The van der Waals surface area contributed by atoms with Crippen LogP contribution in [0.1, 0.15) is 38.2 Å². The Labute approximate surface area is 155 Å². The van der Waals surface area contributed by atoms with Crippen molar-refractivity contribution >= 4 is 26.8 Å². The molecule has 142 valence electrons. The van der Waals surface area contributed by atoms with Crippen LogP contribution in [-0.4, -0.2) is 49.1 Å². The molecule has 3 rings (SSSR count). The Bertz CT molecular complexity index is 854. The van der Waals surface area contributed by atoms with Crippen LogP contribution >= 0.6 is 0 Å². The first kappa shape index (κ1) is 18.9. The zero-order valence-electron chi connectivity index (χ0n) is 15.2. The number of amides is 1. The maximum atomic E-state index is 13.0. The lowest BCUT2D eigenvalue weighted by Crippen LogP contribution is -2.51. The molecule has 2 heterocycles. The van der Waals surface area contributed by atoms with Crippen molar-refractivity contribution in [1.82, 2.24) is 14.6 Å². The number of rotatable bonds is 7. The number of aromatic nitrogens is 1. The second-order valence-corrected chi connectivity index (χ2v) is 8.81. The quantitative estimate of drug-likeness (QED) is 0.777. The number of fused-ring (bicyclic) bond motifs is 1. The molecule has 6 nitrogen and oxygen atoms in total. The highest BCUT2D eigenvalue weighted by molar-refractivity contribution is 7.89. The van der Waals surface area contributed by atoms with E-state index in [1.807, 2.05) is 37.4 Å². The molecule has 1 amide bonds. The van der Waals surface area contributed by atoms with Crippen LogP contribution in [0.25, 0.3) is 10.9 Å². The van der Waals surface area contributed by atoms with E-state index >= 15 is 0 Å². The number of carbonyl (C=O) groups excluding carboxylic acids is 1. The molecule has 1 saturated heterocycles. The minimum Gasteiger partial charge on any atom is -0.361 e. The second-order valence-electron chi connectivity index (χ2n) is 6.94. The third-order valence-corrected chi connectivity index (χ3v) is 6.45. The highest BCUT2D eigenvalue weighted by atomic mass is 32.2. The summed E-state index contributed by atoms with van der Waals surface area (Å²) in [4.78, 5) is 18.0. The molecule has 0 aliphatic carbocycles. The van der Waals surface area contributed by atoms with Gasteiger partial charge in [-0.15, -0.1) is 0 Å². The molecule has 0 spiro atoms. The van der Waals surface area contributed by atoms with E-state index in [1.165, 1.54) is 0 Å². The van der Waals surface area contributed by atoms with Crippen LogP contribution < -0.4 is 4.72 Å². The molecule has 0 radical (unpaired) electrons. The average Bonchev–Trinajstić information content (AvgIpc) is 3.04. The third-order valence-electron chi connectivity index (χ3n) is 4.86. The molecule has 26 heavy (non-hydrogen) atoms. The van der Waals surface area contributed by atoms with Crippen molar-refractivity contribution in [3.63, 3.8) is 0 Å².